The summed E-state index contributed by atoms with van der Waals surface area (Å²) in [5.74, 6) is 1.22. The summed E-state index contributed by atoms with van der Waals surface area (Å²) in [5, 5.41) is 3.61. The summed E-state index contributed by atoms with van der Waals surface area (Å²) in [5.41, 5.74) is 0.543. The fourth-order valence-corrected chi connectivity index (χ4v) is 3.38. The molecule has 104 valence electrons. The van der Waals surface area contributed by atoms with Crippen LogP contribution in [0.15, 0.2) is 22.7 Å². The van der Waals surface area contributed by atoms with Crippen LogP contribution in [0.4, 0.5) is 0 Å². The molecule has 19 heavy (non-hydrogen) atoms. The lowest BCUT2D eigenvalue weighted by Gasteiger charge is -2.33. The fraction of sp³-hybridized carbons (Fsp3) is 0.533. The molecule has 1 aromatic carbocycles. The van der Waals surface area contributed by atoms with E-state index in [9.17, 15) is 4.79 Å². The minimum Gasteiger partial charge on any atom is -0.349 e. The molecule has 0 aliphatic heterocycles. The molecular formula is C15H19BrClNO. The molecule has 3 unspecified atom stereocenters. The third-order valence-electron chi connectivity index (χ3n) is 3.94. The van der Waals surface area contributed by atoms with Gasteiger partial charge in [0.25, 0.3) is 5.91 Å². The van der Waals surface area contributed by atoms with E-state index < -0.39 is 0 Å². The smallest absolute Gasteiger partial charge is 0.253 e. The molecule has 1 amide bonds. The third kappa shape index (κ3) is 3.51. The van der Waals surface area contributed by atoms with E-state index in [4.69, 9.17) is 11.6 Å². The predicted molar refractivity (Wildman–Crippen MR) is 82.6 cm³/mol. The third-order valence-corrected chi connectivity index (χ3v) is 5.24. The van der Waals surface area contributed by atoms with Crippen molar-refractivity contribution in [1.29, 1.82) is 0 Å². The van der Waals surface area contributed by atoms with Crippen molar-refractivity contribution in [3.8, 4) is 0 Å². The molecular weight excluding hydrogens is 326 g/mol. The first-order valence-corrected chi connectivity index (χ1v) is 7.91. The molecule has 0 saturated heterocycles. The molecule has 0 spiro atoms. The largest absolute Gasteiger partial charge is 0.349 e. The zero-order valence-corrected chi connectivity index (χ0v) is 13.6. The average molecular weight is 345 g/mol. The Morgan fingerprint density at radius 3 is 2.79 bits per heavy atom. The lowest BCUT2D eigenvalue weighted by atomic mass is 9.80. The van der Waals surface area contributed by atoms with Crippen LogP contribution in [-0.2, 0) is 0 Å². The molecule has 0 bridgehead atoms. The second kappa shape index (κ2) is 6.27. The number of nitrogens with one attached hydrogen (secondary N) is 1. The Morgan fingerprint density at radius 1 is 1.37 bits per heavy atom. The molecule has 1 saturated carbocycles. The van der Waals surface area contributed by atoms with Crippen molar-refractivity contribution in [2.24, 2.45) is 11.8 Å². The molecule has 0 aromatic heterocycles. The van der Waals surface area contributed by atoms with Crippen molar-refractivity contribution in [1.82, 2.24) is 5.32 Å². The molecule has 0 heterocycles. The Labute approximate surface area is 128 Å². The van der Waals surface area contributed by atoms with Crippen molar-refractivity contribution in [2.75, 3.05) is 0 Å². The van der Waals surface area contributed by atoms with Crippen LogP contribution < -0.4 is 5.32 Å². The molecule has 1 aliphatic rings. The van der Waals surface area contributed by atoms with E-state index in [-0.39, 0.29) is 11.9 Å². The van der Waals surface area contributed by atoms with Gasteiger partial charge in [-0.05, 0) is 59.2 Å². The van der Waals surface area contributed by atoms with Gasteiger partial charge in [0.15, 0.2) is 0 Å². The first-order chi connectivity index (χ1) is 8.99. The molecule has 0 radical (unpaired) electrons. The predicted octanol–water partition coefficient (Wildman–Crippen LogP) is 4.66. The summed E-state index contributed by atoms with van der Waals surface area (Å²) in [6, 6.07) is 5.69. The molecule has 2 rings (SSSR count). The van der Waals surface area contributed by atoms with E-state index in [2.05, 4.69) is 35.1 Å². The number of benzene rings is 1. The molecule has 1 fully saturated rings. The van der Waals surface area contributed by atoms with Crippen molar-refractivity contribution >= 4 is 33.4 Å². The van der Waals surface area contributed by atoms with E-state index in [1.165, 1.54) is 12.8 Å². The quantitative estimate of drug-likeness (QED) is 0.831. The van der Waals surface area contributed by atoms with Gasteiger partial charge in [0.05, 0.1) is 10.6 Å². The van der Waals surface area contributed by atoms with Crippen molar-refractivity contribution in [2.45, 2.75) is 39.2 Å². The average Bonchev–Trinajstić information content (AvgIpc) is 2.36. The van der Waals surface area contributed by atoms with Gasteiger partial charge in [0, 0.05) is 10.5 Å². The standard InChI is InChI=1S/C15H19BrClNO/c1-9-6-7-13(10(2)8-9)18-15(19)11-4-3-5-12(16)14(11)17/h3-5,9-10,13H,6-8H2,1-2H3,(H,18,19). The summed E-state index contributed by atoms with van der Waals surface area (Å²) < 4.78 is 0.757. The van der Waals surface area contributed by atoms with Crippen LogP contribution in [0.5, 0.6) is 0 Å². The lowest BCUT2D eigenvalue weighted by Crippen LogP contribution is -2.42. The van der Waals surface area contributed by atoms with Gasteiger partial charge in [-0.25, -0.2) is 0 Å². The fourth-order valence-electron chi connectivity index (χ4n) is 2.81. The maximum Gasteiger partial charge on any atom is 0.253 e. The number of halogens is 2. The first-order valence-electron chi connectivity index (χ1n) is 6.74. The van der Waals surface area contributed by atoms with Gasteiger partial charge in [0.2, 0.25) is 0 Å². The van der Waals surface area contributed by atoms with Gasteiger partial charge in [-0.3, -0.25) is 4.79 Å². The number of amides is 1. The summed E-state index contributed by atoms with van der Waals surface area (Å²) >= 11 is 9.50. The molecule has 1 aromatic rings. The van der Waals surface area contributed by atoms with Gasteiger partial charge >= 0.3 is 0 Å². The minimum atomic E-state index is -0.0716. The Morgan fingerprint density at radius 2 is 2.11 bits per heavy atom. The van der Waals surface area contributed by atoms with Crippen LogP contribution in [0, 0.1) is 11.8 Å². The molecule has 2 nitrogen and oxygen atoms in total. The Bertz CT molecular complexity index is 477. The maximum absolute atomic E-state index is 12.3. The Balaban J connectivity index is 2.07. The van der Waals surface area contributed by atoms with Gasteiger partial charge in [-0.1, -0.05) is 31.5 Å². The lowest BCUT2D eigenvalue weighted by molar-refractivity contribution is 0.0899. The minimum absolute atomic E-state index is 0.0716. The maximum atomic E-state index is 12.3. The Kier molecular flexibility index (Phi) is 4.91. The van der Waals surface area contributed by atoms with Crippen LogP contribution in [0.1, 0.15) is 43.5 Å². The molecule has 4 heteroatoms. The van der Waals surface area contributed by atoms with E-state index in [1.807, 2.05) is 12.1 Å². The highest BCUT2D eigenvalue weighted by Gasteiger charge is 2.27. The van der Waals surface area contributed by atoms with Crippen molar-refractivity contribution < 1.29 is 4.79 Å². The SMILES string of the molecule is CC1CCC(NC(=O)c2cccc(Br)c2Cl)C(C)C1. The normalized spacial score (nSPS) is 27.1. The van der Waals surface area contributed by atoms with E-state index in [1.54, 1.807) is 6.07 Å². The van der Waals surface area contributed by atoms with Crippen molar-refractivity contribution in [3.05, 3.63) is 33.3 Å². The van der Waals surface area contributed by atoms with Gasteiger partial charge < -0.3 is 5.32 Å². The number of hydrogen-bond acceptors (Lipinski definition) is 1. The van der Waals surface area contributed by atoms with E-state index >= 15 is 0 Å². The first kappa shape index (κ1) is 14.9. The van der Waals surface area contributed by atoms with Crippen LogP contribution >= 0.6 is 27.5 Å². The van der Waals surface area contributed by atoms with Gasteiger partial charge in [0.1, 0.15) is 0 Å². The van der Waals surface area contributed by atoms with E-state index in [0.717, 1.165) is 16.8 Å². The van der Waals surface area contributed by atoms with Crippen LogP contribution in [0.3, 0.4) is 0 Å². The second-order valence-corrected chi connectivity index (χ2v) is 6.81. The van der Waals surface area contributed by atoms with Crippen molar-refractivity contribution in [3.63, 3.8) is 0 Å². The van der Waals surface area contributed by atoms with E-state index in [0.29, 0.717) is 16.5 Å². The highest BCUT2D eigenvalue weighted by atomic mass is 79.9. The number of carbonyl (C=O) groups excluding carboxylic acids is 1. The summed E-state index contributed by atoms with van der Waals surface area (Å²) in [4.78, 5) is 12.3. The van der Waals surface area contributed by atoms with Crippen LogP contribution in [-0.4, -0.2) is 11.9 Å². The highest BCUT2D eigenvalue weighted by Crippen LogP contribution is 2.30. The number of rotatable bonds is 2. The zero-order valence-electron chi connectivity index (χ0n) is 11.2. The summed E-state index contributed by atoms with van der Waals surface area (Å²) in [6.45, 7) is 4.49. The molecule has 1 N–H and O–H groups in total. The zero-order chi connectivity index (χ0) is 14.0. The Hall–Kier alpha value is -0.540. The molecule has 1 aliphatic carbocycles. The summed E-state index contributed by atoms with van der Waals surface area (Å²) in [6.07, 6.45) is 3.42. The number of hydrogen-bond donors (Lipinski definition) is 1. The topological polar surface area (TPSA) is 29.1 Å². The van der Waals surface area contributed by atoms with Gasteiger partial charge in [-0.2, -0.15) is 0 Å². The highest BCUT2D eigenvalue weighted by molar-refractivity contribution is 9.10. The second-order valence-electron chi connectivity index (χ2n) is 5.58. The van der Waals surface area contributed by atoms with Gasteiger partial charge in [-0.15, -0.1) is 0 Å². The monoisotopic (exact) mass is 343 g/mol. The molecule has 3 atom stereocenters. The number of carbonyl (C=O) groups is 1. The van der Waals surface area contributed by atoms with Crippen LogP contribution in [0.25, 0.3) is 0 Å². The van der Waals surface area contributed by atoms with Crippen LogP contribution in [0.2, 0.25) is 5.02 Å². The summed E-state index contributed by atoms with van der Waals surface area (Å²) in [7, 11) is 0.